The first-order valence-corrected chi connectivity index (χ1v) is 5.52. The van der Waals surface area contributed by atoms with Crippen molar-refractivity contribution in [3.8, 4) is 5.75 Å². The SMILES string of the molecule is CSCOCc1ccccc1OC=O. The van der Waals surface area contributed by atoms with Crippen LogP contribution in [-0.4, -0.2) is 18.7 Å². The summed E-state index contributed by atoms with van der Waals surface area (Å²) in [5.74, 6) is 1.19. The molecule has 0 saturated heterocycles. The monoisotopic (exact) mass is 212 g/mol. The number of hydrogen-bond acceptors (Lipinski definition) is 4. The number of benzene rings is 1. The molecule has 0 fully saturated rings. The minimum atomic E-state index is 0.424. The van der Waals surface area contributed by atoms with Crippen LogP contribution in [0.4, 0.5) is 0 Å². The average molecular weight is 212 g/mol. The first kappa shape index (κ1) is 11.1. The van der Waals surface area contributed by atoms with E-state index >= 15 is 0 Å². The smallest absolute Gasteiger partial charge is 0.298 e. The Kier molecular flexibility index (Phi) is 5.11. The van der Waals surface area contributed by atoms with E-state index in [2.05, 4.69) is 0 Å². The van der Waals surface area contributed by atoms with Gasteiger partial charge in [-0.3, -0.25) is 4.79 Å². The van der Waals surface area contributed by atoms with Crippen molar-refractivity contribution in [3.63, 3.8) is 0 Å². The first-order valence-electron chi connectivity index (χ1n) is 4.13. The van der Waals surface area contributed by atoms with Gasteiger partial charge in [-0.05, 0) is 12.3 Å². The fourth-order valence-corrected chi connectivity index (χ4v) is 1.27. The summed E-state index contributed by atoms with van der Waals surface area (Å²) < 4.78 is 10.1. The van der Waals surface area contributed by atoms with Gasteiger partial charge in [0, 0.05) is 5.56 Å². The Hall–Kier alpha value is -1.00. The van der Waals surface area contributed by atoms with Crippen molar-refractivity contribution in [2.45, 2.75) is 6.61 Å². The number of thioether (sulfide) groups is 1. The van der Waals surface area contributed by atoms with Crippen LogP contribution in [0.15, 0.2) is 24.3 Å². The lowest BCUT2D eigenvalue weighted by Gasteiger charge is -2.06. The van der Waals surface area contributed by atoms with Crippen molar-refractivity contribution in [2.24, 2.45) is 0 Å². The molecule has 0 saturated carbocycles. The molecule has 14 heavy (non-hydrogen) atoms. The highest BCUT2D eigenvalue weighted by Gasteiger charge is 2.01. The molecule has 76 valence electrons. The number of para-hydroxylation sites is 1. The van der Waals surface area contributed by atoms with Crippen LogP contribution in [0.5, 0.6) is 5.75 Å². The van der Waals surface area contributed by atoms with Gasteiger partial charge in [-0.2, -0.15) is 0 Å². The normalized spacial score (nSPS) is 9.79. The predicted molar refractivity (Wildman–Crippen MR) is 56.3 cm³/mol. The van der Waals surface area contributed by atoms with Crippen molar-refractivity contribution in [2.75, 3.05) is 12.2 Å². The maximum absolute atomic E-state index is 10.2. The summed E-state index contributed by atoms with van der Waals surface area (Å²) in [7, 11) is 0. The van der Waals surface area contributed by atoms with E-state index in [9.17, 15) is 4.79 Å². The lowest BCUT2D eigenvalue weighted by molar-refractivity contribution is -0.120. The molecule has 4 heteroatoms. The van der Waals surface area contributed by atoms with Gasteiger partial charge in [0.15, 0.2) is 0 Å². The van der Waals surface area contributed by atoms with Crippen LogP contribution in [0.3, 0.4) is 0 Å². The van der Waals surface area contributed by atoms with E-state index in [1.54, 1.807) is 17.8 Å². The van der Waals surface area contributed by atoms with E-state index in [1.807, 2.05) is 24.5 Å². The minimum absolute atomic E-state index is 0.424. The average Bonchev–Trinajstić information content (AvgIpc) is 2.21. The lowest BCUT2D eigenvalue weighted by Crippen LogP contribution is -1.97. The number of carbonyl (C=O) groups excluding carboxylic acids is 1. The maximum Gasteiger partial charge on any atom is 0.298 e. The molecule has 0 radical (unpaired) electrons. The van der Waals surface area contributed by atoms with Gasteiger partial charge in [0.2, 0.25) is 0 Å². The zero-order chi connectivity index (χ0) is 10.2. The Balaban J connectivity index is 2.59. The summed E-state index contributed by atoms with van der Waals surface area (Å²) in [4.78, 5) is 10.2. The summed E-state index contributed by atoms with van der Waals surface area (Å²) in [6, 6.07) is 7.32. The molecule has 0 N–H and O–H groups in total. The highest BCUT2D eigenvalue weighted by Crippen LogP contribution is 2.18. The van der Waals surface area contributed by atoms with E-state index < -0.39 is 0 Å². The second-order valence-electron chi connectivity index (χ2n) is 2.58. The van der Waals surface area contributed by atoms with Gasteiger partial charge < -0.3 is 9.47 Å². The molecule has 0 atom stereocenters. The molecular formula is C10H12O3S. The zero-order valence-corrected chi connectivity index (χ0v) is 8.75. The van der Waals surface area contributed by atoms with Gasteiger partial charge in [0.25, 0.3) is 6.47 Å². The van der Waals surface area contributed by atoms with Crippen LogP contribution >= 0.6 is 11.8 Å². The number of ether oxygens (including phenoxy) is 2. The molecule has 0 unspecified atom stereocenters. The summed E-state index contributed by atoms with van der Waals surface area (Å²) >= 11 is 1.61. The Labute approximate surface area is 87.4 Å². The Morgan fingerprint density at radius 2 is 2.21 bits per heavy atom. The topological polar surface area (TPSA) is 35.5 Å². The molecule has 0 aromatic heterocycles. The first-order chi connectivity index (χ1) is 6.88. The molecular weight excluding hydrogens is 200 g/mol. The Morgan fingerprint density at radius 1 is 1.43 bits per heavy atom. The lowest BCUT2D eigenvalue weighted by atomic mass is 10.2. The zero-order valence-electron chi connectivity index (χ0n) is 7.93. The van der Waals surface area contributed by atoms with Crippen LogP contribution < -0.4 is 4.74 Å². The van der Waals surface area contributed by atoms with Crippen molar-refractivity contribution >= 4 is 18.2 Å². The molecule has 0 bridgehead atoms. The molecule has 1 aromatic carbocycles. The number of rotatable bonds is 6. The summed E-state index contributed by atoms with van der Waals surface area (Å²) in [6.45, 7) is 0.887. The predicted octanol–water partition coefficient (Wildman–Crippen LogP) is 2.06. The van der Waals surface area contributed by atoms with Gasteiger partial charge >= 0.3 is 0 Å². The summed E-state index contributed by atoms with van der Waals surface area (Å²) in [5.41, 5.74) is 0.883. The Bertz CT molecular complexity index is 288. The van der Waals surface area contributed by atoms with Gasteiger partial charge in [-0.15, -0.1) is 11.8 Å². The van der Waals surface area contributed by atoms with Gasteiger partial charge in [0.1, 0.15) is 5.75 Å². The molecule has 0 spiro atoms. The van der Waals surface area contributed by atoms with Gasteiger partial charge in [0.05, 0.1) is 12.5 Å². The van der Waals surface area contributed by atoms with E-state index in [1.165, 1.54) is 0 Å². The molecule has 0 aliphatic carbocycles. The van der Waals surface area contributed by atoms with Crippen LogP contribution in [-0.2, 0) is 16.1 Å². The highest BCUT2D eigenvalue weighted by molar-refractivity contribution is 7.98. The number of carbonyl (C=O) groups is 1. The second-order valence-corrected chi connectivity index (χ2v) is 3.39. The highest BCUT2D eigenvalue weighted by atomic mass is 32.2. The fourth-order valence-electron chi connectivity index (χ4n) is 1.02. The largest absolute Gasteiger partial charge is 0.428 e. The maximum atomic E-state index is 10.2. The van der Waals surface area contributed by atoms with Crippen LogP contribution in [0.1, 0.15) is 5.56 Å². The van der Waals surface area contributed by atoms with E-state index in [4.69, 9.17) is 9.47 Å². The van der Waals surface area contributed by atoms with Crippen LogP contribution in [0, 0.1) is 0 Å². The molecule has 0 aliphatic heterocycles. The molecule has 0 heterocycles. The molecule has 3 nitrogen and oxygen atoms in total. The van der Waals surface area contributed by atoms with Crippen molar-refractivity contribution < 1.29 is 14.3 Å². The van der Waals surface area contributed by atoms with E-state index in [0.29, 0.717) is 24.8 Å². The standard InChI is InChI=1S/C10H12O3S/c1-14-8-12-6-9-4-2-3-5-10(9)13-7-11/h2-5,7H,6,8H2,1H3. The molecule has 1 aromatic rings. The third kappa shape index (κ3) is 3.40. The summed E-state index contributed by atoms with van der Waals surface area (Å²) in [6.07, 6.45) is 1.97. The molecule has 0 aliphatic rings. The van der Waals surface area contributed by atoms with Crippen LogP contribution in [0.25, 0.3) is 0 Å². The third-order valence-electron chi connectivity index (χ3n) is 1.61. The van der Waals surface area contributed by atoms with Crippen molar-refractivity contribution in [3.05, 3.63) is 29.8 Å². The van der Waals surface area contributed by atoms with Crippen LogP contribution in [0.2, 0.25) is 0 Å². The number of hydrogen-bond donors (Lipinski definition) is 0. The van der Waals surface area contributed by atoms with Crippen molar-refractivity contribution in [1.29, 1.82) is 0 Å². The summed E-state index contributed by atoms with van der Waals surface area (Å²) in [5, 5.41) is 0. The second kappa shape index (κ2) is 6.45. The van der Waals surface area contributed by atoms with E-state index in [0.717, 1.165) is 5.56 Å². The Morgan fingerprint density at radius 3 is 2.93 bits per heavy atom. The van der Waals surface area contributed by atoms with Gasteiger partial charge in [-0.1, -0.05) is 18.2 Å². The fraction of sp³-hybridized carbons (Fsp3) is 0.300. The van der Waals surface area contributed by atoms with Gasteiger partial charge in [-0.25, -0.2) is 0 Å². The van der Waals surface area contributed by atoms with E-state index in [-0.39, 0.29) is 0 Å². The third-order valence-corrected chi connectivity index (χ3v) is 2.01. The molecule has 1 rings (SSSR count). The quantitative estimate of drug-likeness (QED) is 0.411. The molecule has 0 amide bonds. The van der Waals surface area contributed by atoms with Crippen molar-refractivity contribution in [1.82, 2.24) is 0 Å². The minimum Gasteiger partial charge on any atom is -0.428 e.